The van der Waals surface area contributed by atoms with Crippen LogP contribution in [-0.4, -0.2) is 36.7 Å². The summed E-state index contributed by atoms with van der Waals surface area (Å²) in [5.74, 6) is 1.32. The van der Waals surface area contributed by atoms with Crippen molar-refractivity contribution in [2.75, 3.05) is 27.2 Å². The number of furan rings is 1. The third-order valence-corrected chi connectivity index (χ3v) is 6.41. The quantitative estimate of drug-likeness (QED) is 0.102. The molecular weight excluding hydrogens is 584 g/mol. The molecular formula is C21H28Br3N2O4+. The molecule has 0 atom stereocenters. The molecule has 0 aliphatic heterocycles. The summed E-state index contributed by atoms with van der Waals surface area (Å²) in [6.07, 6.45) is 6.91. The zero-order valence-electron chi connectivity index (χ0n) is 17.3. The fraction of sp³-hybridized carbons (Fsp3) is 0.524. The highest BCUT2D eigenvalue weighted by Gasteiger charge is 2.20. The molecule has 0 N–H and O–H groups in total. The van der Waals surface area contributed by atoms with E-state index in [1.165, 1.54) is 25.3 Å². The molecule has 1 aromatic carbocycles. The van der Waals surface area contributed by atoms with E-state index in [2.05, 4.69) is 61.9 Å². The Labute approximate surface area is 203 Å². The predicted molar refractivity (Wildman–Crippen MR) is 129 cm³/mol. The fourth-order valence-corrected chi connectivity index (χ4v) is 5.73. The van der Waals surface area contributed by atoms with Gasteiger partial charge in [0.2, 0.25) is 0 Å². The summed E-state index contributed by atoms with van der Waals surface area (Å²) in [6.45, 7) is 2.38. The molecule has 0 aliphatic carbocycles. The number of nitrogens with zero attached hydrogens (tertiary/aromatic N) is 2. The summed E-state index contributed by atoms with van der Waals surface area (Å²) >= 11 is 10.5. The van der Waals surface area contributed by atoms with Crippen LogP contribution >= 0.6 is 47.8 Å². The van der Waals surface area contributed by atoms with Gasteiger partial charge in [0.05, 0.1) is 42.3 Å². The largest absolute Gasteiger partial charge is 0.491 e. The van der Waals surface area contributed by atoms with Crippen LogP contribution in [-0.2, 0) is 6.54 Å². The third kappa shape index (κ3) is 8.69. The summed E-state index contributed by atoms with van der Waals surface area (Å²) in [7, 11) is 4.26. The molecule has 0 amide bonds. The van der Waals surface area contributed by atoms with Crippen LogP contribution in [0, 0.1) is 10.1 Å². The van der Waals surface area contributed by atoms with Gasteiger partial charge in [-0.05, 0) is 69.3 Å². The molecule has 2 rings (SSSR count). The standard InChI is InChI=1S/C21H28Br3N2O4/c1-26(2,15-17-9-10-20(30-17)25(27)28)11-7-5-3-4-6-8-12-29-21-18(23)13-16(22)14-19(21)24/h9-10,13-14H,3-8,11-12,15H2,1-2H3/q+1. The Bertz CT molecular complexity index is 816. The number of nitro groups is 1. The van der Waals surface area contributed by atoms with Crippen molar-refractivity contribution in [1.29, 1.82) is 0 Å². The Morgan fingerprint density at radius 3 is 2.20 bits per heavy atom. The van der Waals surface area contributed by atoms with E-state index in [1.54, 1.807) is 6.07 Å². The second-order valence-electron chi connectivity index (χ2n) is 7.98. The maximum Gasteiger partial charge on any atom is 0.433 e. The first-order valence-electron chi connectivity index (χ1n) is 10.0. The van der Waals surface area contributed by atoms with Crippen LogP contribution in [0.4, 0.5) is 5.88 Å². The molecule has 0 saturated carbocycles. The van der Waals surface area contributed by atoms with Gasteiger partial charge >= 0.3 is 5.88 Å². The minimum absolute atomic E-state index is 0.186. The van der Waals surface area contributed by atoms with Crippen LogP contribution in [0.3, 0.4) is 0 Å². The van der Waals surface area contributed by atoms with Crippen LogP contribution in [0.2, 0.25) is 0 Å². The lowest BCUT2D eigenvalue weighted by Gasteiger charge is -2.28. The lowest BCUT2D eigenvalue weighted by molar-refractivity contribution is -0.904. The molecule has 6 nitrogen and oxygen atoms in total. The van der Waals surface area contributed by atoms with E-state index in [1.807, 2.05) is 12.1 Å². The van der Waals surface area contributed by atoms with Crippen molar-refractivity contribution in [3.63, 3.8) is 0 Å². The van der Waals surface area contributed by atoms with E-state index < -0.39 is 4.92 Å². The van der Waals surface area contributed by atoms with E-state index in [4.69, 9.17) is 9.15 Å². The van der Waals surface area contributed by atoms with Gasteiger partial charge in [0.25, 0.3) is 0 Å². The van der Waals surface area contributed by atoms with Gasteiger partial charge in [-0.2, -0.15) is 0 Å². The monoisotopic (exact) mass is 609 g/mol. The fourth-order valence-electron chi connectivity index (χ4n) is 3.24. The number of unbranched alkanes of at least 4 members (excludes halogenated alkanes) is 5. The predicted octanol–water partition coefficient (Wildman–Crippen LogP) is 7.47. The molecule has 0 bridgehead atoms. The van der Waals surface area contributed by atoms with Crippen LogP contribution in [0.1, 0.15) is 44.3 Å². The third-order valence-electron chi connectivity index (χ3n) is 4.78. The Morgan fingerprint density at radius 1 is 1.00 bits per heavy atom. The van der Waals surface area contributed by atoms with Gasteiger partial charge in [-0.25, -0.2) is 0 Å². The topological polar surface area (TPSA) is 65.5 Å². The normalized spacial score (nSPS) is 11.6. The zero-order valence-corrected chi connectivity index (χ0v) is 22.1. The Kier molecular flexibility index (Phi) is 10.3. The van der Waals surface area contributed by atoms with Crippen molar-refractivity contribution in [1.82, 2.24) is 0 Å². The molecule has 0 unspecified atom stereocenters. The van der Waals surface area contributed by atoms with Crippen LogP contribution in [0.5, 0.6) is 5.75 Å². The number of ether oxygens (including phenoxy) is 1. The van der Waals surface area contributed by atoms with Crippen LogP contribution < -0.4 is 4.74 Å². The lowest BCUT2D eigenvalue weighted by atomic mass is 10.1. The maximum atomic E-state index is 10.7. The van der Waals surface area contributed by atoms with E-state index in [0.29, 0.717) is 18.9 Å². The molecule has 1 heterocycles. The van der Waals surface area contributed by atoms with Gasteiger partial charge in [-0.1, -0.05) is 35.2 Å². The van der Waals surface area contributed by atoms with Crippen molar-refractivity contribution in [2.24, 2.45) is 0 Å². The minimum Gasteiger partial charge on any atom is -0.491 e. The van der Waals surface area contributed by atoms with Crippen molar-refractivity contribution >= 4 is 53.7 Å². The summed E-state index contributed by atoms with van der Waals surface area (Å²) in [5.41, 5.74) is 0. The summed E-state index contributed by atoms with van der Waals surface area (Å²) in [6, 6.07) is 7.08. The molecule has 1 aromatic heterocycles. The van der Waals surface area contributed by atoms with Gasteiger partial charge < -0.3 is 13.6 Å². The molecule has 166 valence electrons. The Hall–Kier alpha value is -0.900. The van der Waals surface area contributed by atoms with Gasteiger partial charge in [-0.15, -0.1) is 0 Å². The van der Waals surface area contributed by atoms with Crippen molar-refractivity contribution in [3.8, 4) is 5.75 Å². The number of hydrogen-bond donors (Lipinski definition) is 0. The van der Waals surface area contributed by atoms with Gasteiger partial charge in [0.15, 0.2) is 5.76 Å². The van der Waals surface area contributed by atoms with Gasteiger partial charge in [0.1, 0.15) is 17.2 Å². The molecule has 2 aromatic rings. The molecule has 9 heteroatoms. The van der Waals surface area contributed by atoms with E-state index in [9.17, 15) is 10.1 Å². The van der Waals surface area contributed by atoms with Gasteiger partial charge in [-0.3, -0.25) is 10.1 Å². The maximum absolute atomic E-state index is 10.7. The number of halogens is 3. The summed E-state index contributed by atoms with van der Waals surface area (Å²) in [4.78, 5) is 10.2. The second kappa shape index (κ2) is 12.2. The minimum atomic E-state index is -0.495. The van der Waals surface area contributed by atoms with E-state index in [0.717, 1.165) is 49.5 Å². The molecule has 0 fully saturated rings. The van der Waals surface area contributed by atoms with Crippen molar-refractivity contribution < 1.29 is 18.6 Å². The highest BCUT2D eigenvalue weighted by Crippen LogP contribution is 2.36. The average Bonchev–Trinajstić information content (AvgIpc) is 3.10. The van der Waals surface area contributed by atoms with Crippen molar-refractivity contribution in [2.45, 2.75) is 45.1 Å². The summed E-state index contributed by atoms with van der Waals surface area (Å²) < 4.78 is 14.8. The average molecular weight is 612 g/mol. The molecule has 30 heavy (non-hydrogen) atoms. The number of rotatable bonds is 13. The van der Waals surface area contributed by atoms with Crippen LogP contribution in [0.15, 0.2) is 42.1 Å². The molecule has 0 spiro atoms. The molecule has 0 saturated heterocycles. The smallest absolute Gasteiger partial charge is 0.433 e. The number of benzene rings is 1. The summed E-state index contributed by atoms with van der Waals surface area (Å²) in [5, 5.41) is 10.7. The number of quaternary nitrogens is 1. The lowest BCUT2D eigenvalue weighted by Crippen LogP contribution is -2.39. The molecule has 0 aliphatic rings. The SMILES string of the molecule is C[N+](C)(CCCCCCCCOc1c(Br)cc(Br)cc1Br)Cc1ccc([N+](=O)[O-])o1. The molecule has 0 radical (unpaired) electrons. The zero-order chi connectivity index (χ0) is 22.1. The first-order valence-corrected chi connectivity index (χ1v) is 12.4. The van der Waals surface area contributed by atoms with Crippen LogP contribution in [0.25, 0.3) is 0 Å². The second-order valence-corrected chi connectivity index (χ2v) is 10.6. The van der Waals surface area contributed by atoms with Gasteiger partial charge in [0, 0.05) is 4.47 Å². The van der Waals surface area contributed by atoms with E-state index >= 15 is 0 Å². The Balaban J connectivity index is 1.55. The Morgan fingerprint density at radius 2 is 1.60 bits per heavy atom. The van der Waals surface area contributed by atoms with E-state index in [-0.39, 0.29) is 5.88 Å². The first-order chi connectivity index (χ1) is 14.2. The highest BCUT2D eigenvalue weighted by atomic mass is 79.9. The first kappa shape index (κ1) is 25.4. The number of hydrogen-bond acceptors (Lipinski definition) is 4. The van der Waals surface area contributed by atoms with Crippen molar-refractivity contribution in [3.05, 3.63) is 53.6 Å². The highest BCUT2D eigenvalue weighted by molar-refractivity contribution is 9.11.